The number of carbonyl (C=O) groups excluding carboxylic acids is 1. The molecule has 0 fully saturated rings. The number of nitrogens with zero attached hydrogens (tertiary/aromatic N) is 1. The molecule has 0 aliphatic carbocycles. The molecule has 0 saturated heterocycles. The van der Waals surface area contributed by atoms with E-state index < -0.39 is 5.91 Å². The molecule has 0 atom stereocenters. The third kappa shape index (κ3) is 2.43. The van der Waals surface area contributed by atoms with Crippen LogP contribution in [0.2, 0.25) is 0 Å². The van der Waals surface area contributed by atoms with Crippen molar-refractivity contribution in [1.29, 1.82) is 0 Å². The van der Waals surface area contributed by atoms with Crippen LogP contribution < -0.4 is 5.73 Å². The van der Waals surface area contributed by atoms with Crippen molar-refractivity contribution in [2.45, 2.75) is 6.92 Å². The maximum atomic E-state index is 11.6. The fourth-order valence-electron chi connectivity index (χ4n) is 2.30. The fourth-order valence-corrected chi connectivity index (χ4v) is 2.30. The Hall–Kier alpha value is -2.88. The maximum absolute atomic E-state index is 11.6. The van der Waals surface area contributed by atoms with Crippen molar-refractivity contribution in [3.63, 3.8) is 0 Å². The Labute approximate surface area is 122 Å². The summed E-state index contributed by atoms with van der Waals surface area (Å²) >= 11 is 0. The predicted octanol–water partition coefficient (Wildman–Crippen LogP) is 3.22. The number of benzene rings is 2. The van der Waals surface area contributed by atoms with E-state index in [0.29, 0.717) is 11.3 Å². The summed E-state index contributed by atoms with van der Waals surface area (Å²) in [5.74, 6) is 0.214. The van der Waals surface area contributed by atoms with Crippen molar-refractivity contribution in [3.8, 4) is 22.5 Å². The van der Waals surface area contributed by atoms with Gasteiger partial charge in [0, 0.05) is 17.2 Å². The molecule has 1 heterocycles. The first kappa shape index (κ1) is 13.1. The van der Waals surface area contributed by atoms with Crippen molar-refractivity contribution in [2.24, 2.45) is 5.73 Å². The van der Waals surface area contributed by atoms with Gasteiger partial charge >= 0.3 is 0 Å². The highest BCUT2D eigenvalue weighted by molar-refractivity contribution is 6.00. The molecular weight excluding hydrogens is 264 g/mol. The smallest absolute Gasteiger partial charge is 0.249 e. The fraction of sp³-hybridized carbons (Fsp3) is 0.0588. The van der Waals surface area contributed by atoms with Crippen LogP contribution in [0.5, 0.6) is 0 Å². The second kappa shape index (κ2) is 5.25. The lowest BCUT2D eigenvalue weighted by molar-refractivity contribution is 0.100. The normalized spacial score (nSPS) is 10.5. The molecule has 2 aromatic carbocycles. The highest BCUT2D eigenvalue weighted by atomic mass is 16.5. The molecule has 0 bridgehead atoms. The molecule has 1 radical (unpaired) electrons. The lowest BCUT2D eigenvalue weighted by Crippen LogP contribution is -2.12. The van der Waals surface area contributed by atoms with Gasteiger partial charge in [-0.1, -0.05) is 29.4 Å². The minimum atomic E-state index is -0.466. The first-order chi connectivity index (χ1) is 10.2. The van der Waals surface area contributed by atoms with Crippen LogP contribution in [0.3, 0.4) is 0 Å². The van der Waals surface area contributed by atoms with Gasteiger partial charge in [-0.25, -0.2) is 0 Å². The van der Waals surface area contributed by atoms with Gasteiger partial charge in [0.2, 0.25) is 5.91 Å². The van der Waals surface area contributed by atoms with Crippen molar-refractivity contribution < 1.29 is 9.32 Å². The summed E-state index contributed by atoms with van der Waals surface area (Å²) in [4.78, 5) is 11.6. The van der Waals surface area contributed by atoms with Crippen molar-refractivity contribution in [2.75, 3.05) is 0 Å². The molecule has 3 rings (SSSR count). The average molecular weight is 277 g/mol. The molecule has 0 saturated carbocycles. The van der Waals surface area contributed by atoms with Gasteiger partial charge in [-0.3, -0.25) is 4.79 Å². The largest absolute Gasteiger partial charge is 0.366 e. The topological polar surface area (TPSA) is 69.1 Å². The van der Waals surface area contributed by atoms with Crippen molar-refractivity contribution >= 4 is 5.91 Å². The van der Waals surface area contributed by atoms with Gasteiger partial charge < -0.3 is 10.3 Å². The van der Waals surface area contributed by atoms with E-state index in [9.17, 15) is 4.79 Å². The third-order valence-electron chi connectivity index (χ3n) is 3.38. The number of primary amides is 1. The predicted molar refractivity (Wildman–Crippen MR) is 79.5 cm³/mol. The number of hydrogen-bond acceptors (Lipinski definition) is 3. The van der Waals surface area contributed by atoms with E-state index >= 15 is 0 Å². The Morgan fingerprint density at radius 2 is 2.10 bits per heavy atom. The first-order valence-corrected chi connectivity index (χ1v) is 6.49. The monoisotopic (exact) mass is 277 g/mol. The maximum Gasteiger partial charge on any atom is 0.249 e. The van der Waals surface area contributed by atoms with Crippen molar-refractivity contribution in [1.82, 2.24) is 5.16 Å². The Kier molecular flexibility index (Phi) is 3.28. The van der Waals surface area contributed by atoms with E-state index in [-0.39, 0.29) is 0 Å². The van der Waals surface area contributed by atoms with Crippen LogP contribution in [0.1, 0.15) is 15.9 Å². The molecule has 1 aromatic heterocycles. The zero-order valence-electron chi connectivity index (χ0n) is 11.5. The minimum Gasteiger partial charge on any atom is -0.366 e. The van der Waals surface area contributed by atoms with E-state index in [4.69, 9.17) is 10.3 Å². The van der Waals surface area contributed by atoms with Crippen molar-refractivity contribution in [3.05, 3.63) is 65.9 Å². The van der Waals surface area contributed by atoms with Gasteiger partial charge in [0.05, 0.1) is 6.20 Å². The molecule has 0 aliphatic rings. The highest BCUT2D eigenvalue weighted by Gasteiger charge is 2.13. The molecule has 2 N–H and O–H groups in total. The van der Waals surface area contributed by atoms with E-state index in [1.54, 1.807) is 24.4 Å². The lowest BCUT2D eigenvalue weighted by atomic mass is 9.93. The van der Waals surface area contributed by atoms with E-state index in [1.165, 1.54) is 0 Å². The highest BCUT2D eigenvalue weighted by Crippen LogP contribution is 2.31. The Balaban J connectivity index is 2.19. The van der Waals surface area contributed by atoms with Gasteiger partial charge in [0.15, 0.2) is 5.76 Å². The van der Waals surface area contributed by atoms with E-state index in [2.05, 4.69) is 11.2 Å². The number of carbonyl (C=O) groups is 1. The number of rotatable bonds is 3. The standard InChI is InChI=1S/C17H13N2O2/c1-11-6-7-12(16-8-9-19-21-16)10-15(11)13-4-2-3-5-14(13)17(18)20/h2,4-10H,1H3,(H2,18,20). The Bertz CT molecular complexity index is 792. The number of amides is 1. The Morgan fingerprint density at radius 3 is 2.81 bits per heavy atom. The molecule has 0 spiro atoms. The summed E-state index contributed by atoms with van der Waals surface area (Å²) in [6, 6.07) is 15.8. The number of nitrogens with two attached hydrogens (primary N) is 1. The lowest BCUT2D eigenvalue weighted by Gasteiger charge is -2.11. The SMILES string of the molecule is Cc1ccc(-c2ccno2)cc1-c1cc[c]cc1C(N)=O. The third-order valence-corrected chi connectivity index (χ3v) is 3.38. The molecule has 4 nitrogen and oxygen atoms in total. The number of aromatic nitrogens is 1. The Morgan fingerprint density at radius 1 is 1.24 bits per heavy atom. The van der Waals surface area contributed by atoms with E-state index in [0.717, 1.165) is 22.3 Å². The molecule has 103 valence electrons. The summed E-state index contributed by atoms with van der Waals surface area (Å²) in [5.41, 5.74) is 9.58. The molecular formula is C17H13N2O2. The van der Waals surface area contributed by atoms with Crippen LogP contribution >= 0.6 is 0 Å². The van der Waals surface area contributed by atoms with Gasteiger partial charge in [0.1, 0.15) is 0 Å². The molecule has 0 unspecified atom stereocenters. The first-order valence-electron chi connectivity index (χ1n) is 6.49. The van der Waals surface area contributed by atoms with Gasteiger partial charge in [0.25, 0.3) is 0 Å². The average Bonchev–Trinajstić information content (AvgIpc) is 3.02. The second-order valence-corrected chi connectivity index (χ2v) is 4.74. The van der Waals surface area contributed by atoms with Crippen LogP contribution in [0.25, 0.3) is 22.5 Å². The second-order valence-electron chi connectivity index (χ2n) is 4.74. The van der Waals surface area contributed by atoms with Crippen LogP contribution in [0.15, 0.2) is 53.2 Å². The zero-order chi connectivity index (χ0) is 14.8. The summed E-state index contributed by atoms with van der Waals surface area (Å²) < 4.78 is 5.18. The molecule has 1 amide bonds. The van der Waals surface area contributed by atoms with Gasteiger partial charge in [-0.2, -0.15) is 0 Å². The van der Waals surface area contributed by atoms with Crippen LogP contribution in [0, 0.1) is 13.0 Å². The molecule has 21 heavy (non-hydrogen) atoms. The summed E-state index contributed by atoms with van der Waals surface area (Å²) in [6.45, 7) is 1.99. The quantitative estimate of drug-likeness (QED) is 0.799. The zero-order valence-corrected chi connectivity index (χ0v) is 11.5. The van der Waals surface area contributed by atoms with E-state index in [1.807, 2.05) is 31.2 Å². The number of aryl methyl sites for hydroxylation is 1. The number of hydrogen-bond donors (Lipinski definition) is 1. The molecule has 0 aliphatic heterocycles. The van der Waals surface area contributed by atoms with Gasteiger partial charge in [-0.15, -0.1) is 0 Å². The summed E-state index contributed by atoms with van der Waals surface area (Å²) in [7, 11) is 0. The minimum absolute atomic E-state index is 0.454. The van der Waals surface area contributed by atoms with Crippen LogP contribution in [0.4, 0.5) is 0 Å². The molecule has 4 heteroatoms. The molecule has 3 aromatic rings. The van der Waals surface area contributed by atoms with Gasteiger partial charge in [-0.05, 0) is 41.8 Å². The van der Waals surface area contributed by atoms with Crippen LogP contribution in [-0.2, 0) is 0 Å². The summed E-state index contributed by atoms with van der Waals surface area (Å²) in [5, 5.41) is 3.72. The summed E-state index contributed by atoms with van der Waals surface area (Å²) in [6.07, 6.45) is 1.60. The van der Waals surface area contributed by atoms with Crippen LogP contribution in [-0.4, -0.2) is 11.1 Å².